The lowest BCUT2D eigenvalue weighted by molar-refractivity contribution is 0.395. The first-order valence-electron chi connectivity index (χ1n) is 6.43. The van der Waals surface area contributed by atoms with Gasteiger partial charge in [-0.05, 0) is 18.6 Å². The van der Waals surface area contributed by atoms with Gasteiger partial charge in [0, 0.05) is 24.1 Å². The molecule has 0 unspecified atom stereocenters. The van der Waals surface area contributed by atoms with Crippen molar-refractivity contribution in [2.75, 3.05) is 14.2 Å². The summed E-state index contributed by atoms with van der Waals surface area (Å²) in [6.07, 6.45) is 1.77. The van der Waals surface area contributed by atoms with Crippen LogP contribution in [0, 0.1) is 0 Å². The van der Waals surface area contributed by atoms with E-state index in [1.807, 2.05) is 18.2 Å². The van der Waals surface area contributed by atoms with Crippen molar-refractivity contribution in [2.24, 2.45) is 0 Å². The molecule has 0 amide bonds. The van der Waals surface area contributed by atoms with E-state index in [-0.39, 0.29) is 0 Å². The fourth-order valence-corrected chi connectivity index (χ4v) is 2.15. The smallest absolute Gasteiger partial charge is 0.133 e. The van der Waals surface area contributed by atoms with Crippen LogP contribution in [-0.4, -0.2) is 24.2 Å². The molecule has 20 heavy (non-hydrogen) atoms. The fourth-order valence-electron chi connectivity index (χ4n) is 1.95. The first-order chi connectivity index (χ1) is 9.67. The highest BCUT2D eigenvalue weighted by Gasteiger charge is 2.11. The molecule has 1 aromatic carbocycles. The molecule has 0 aliphatic rings. The van der Waals surface area contributed by atoms with E-state index in [0.717, 1.165) is 35.7 Å². The third kappa shape index (κ3) is 3.20. The number of ether oxygens (including phenoxy) is 2. The van der Waals surface area contributed by atoms with Crippen molar-refractivity contribution in [3.8, 4) is 22.8 Å². The van der Waals surface area contributed by atoms with E-state index in [4.69, 9.17) is 21.1 Å². The number of halogens is 1. The van der Waals surface area contributed by atoms with E-state index in [1.54, 1.807) is 20.3 Å². The molecule has 0 fully saturated rings. The lowest BCUT2D eigenvalue weighted by Crippen LogP contribution is -1.98. The Balaban J connectivity index is 2.50. The summed E-state index contributed by atoms with van der Waals surface area (Å²) in [7, 11) is 3.24. The summed E-state index contributed by atoms with van der Waals surface area (Å²) in [6, 6.07) is 7.34. The van der Waals surface area contributed by atoms with Gasteiger partial charge in [-0.3, -0.25) is 0 Å². The van der Waals surface area contributed by atoms with E-state index < -0.39 is 0 Å². The molecule has 106 valence electrons. The highest BCUT2D eigenvalue weighted by molar-refractivity contribution is 6.29. The van der Waals surface area contributed by atoms with Crippen molar-refractivity contribution < 1.29 is 9.47 Å². The number of rotatable bonds is 5. The van der Waals surface area contributed by atoms with Gasteiger partial charge in [-0.15, -0.1) is 0 Å². The van der Waals surface area contributed by atoms with E-state index in [1.165, 1.54) is 0 Å². The van der Waals surface area contributed by atoms with E-state index >= 15 is 0 Å². The van der Waals surface area contributed by atoms with Crippen LogP contribution in [0.4, 0.5) is 0 Å². The van der Waals surface area contributed by atoms with Crippen molar-refractivity contribution in [1.29, 1.82) is 0 Å². The van der Waals surface area contributed by atoms with Crippen molar-refractivity contribution >= 4 is 11.6 Å². The number of benzene rings is 1. The molecular weight excluding hydrogens is 276 g/mol. The Bertz CT molecular complexity index is 602. The molecule has 2 rings (SSSR count). The van der Waals surface area contributed by atoms with Gasteiger partial charge in [0.25, 0.3) is 0 Å². The summed E-state index contributed by atoms with van der Waals surface area (Å²) in [5.41, 5.74) is 1.63. The average Bonchev–Trinajstić information content (AvgIpc) is 2.46. The molecule has 0 aliphatic heterocycles. The second kappa shape index (κ2) is 6.57. The molecule has 0 saturated heterocycles. The number of aromatic nitrogens is 2. The maximum Gasteiger partial charge on any atom is 0.133 e. The Kier molecular flexibility index (Phi) is 4.79. The van der Waals surface area contributed by atoms with Crippen molar-refractivity contribution in [3.05, 3.63) is 35.2 Å². The molecule has 0 saturated carbocycles. The topological polar surface area (TPSA) is 44.2 Å². The standard InChI is InChI=1S/C15H17ClN2O2/c1-4-5-15-17-12(9-14(16)18-15)11-7-6-10(19-2)8-13(11)20-3/h6-9H,4-5H2,1-3H3. The molecule has 1 aromatic heterocycles. The van der Waals surface area contributed by atoms with E-state index in [0.29, 0.717) is 10.9 Å². The summed E-state index contributed by atoms with van der Waals surface area (Å²) in [6.45, 7) is 2.08. The van der Waals surface area contributed by atoms with Gasteiger partial charge in [0.05, 0.1) is 19.9 Å². The number of nitrogens with zero attached hydrogens (tertiary/aromatic N) is 2. The maximum absolute atomic E-state index is 6.07. The minimum absolute atomic E-state index is 0.441. The molecule has 0 N–H and O–H groups in total. The van der Waals surface area contributed by atoms with Crippen molar-refractivity contribution in [2.45, 2.75) is 19.8 Å². The summed E-state index contributed by atoms with van der Waals surface area (Å²) >= 11 is 6.07. The highest BCUT2D eigenvalue weighted by Crippen LogP contribution is 2.33. The minimum atomic E-state index is 0.441. The molecule has 1 heterocycles. The van der Waals surface area contributed by atoms with Crippen LogP contribution < -0.4 is 9.47 Å². The minimum Gasteiger partial charge on any atom is -0.497 e. The van der Waals surface area contributed by atoms with Crippen LogP contribution in [0.1, 0.15) is 19.2 Å². The normalized spacial score (nSPS) is 10.4. The SMILES string of the molecule is CCCc1nc(Cl)cc(-c2ccc(OC)cc2OC)n1. The largest absolute Gasteiger partial charge is 0.497 e. The predicted molar refractivity (Wildman–Crippen MR) is 79.6 cm³/mol. The second-order valence-corrected chi connectivity index (χ2v) is 4.70. The third-order valence-electron chi connectivity index (χ3n) is 2.90. The number of aryl methyl sites for hydroxylation is 1. The van der Waals surface area contributed by atoms with Gasteiger partial charge in [-0.25, -0.2) is 9.97 Å². The second-order valence-electron chi connectivity index (χ2n) is 4.31. The van der Waals surface area contributed by atoms with Gasteiger partial charge >= 0.3 is 0 Å². The van der Waals surface area contributed by atoms with Gasteiger partial charge in [0.1, 0.15) is 22.5 Å². The zero-order valence-corrected chi connectivity index (χ0v) is 12.6. The molecular formula is C15H17ClN2O2. The van der Waals surface area contributed by atoms with Crippen LogP contribution >= 0.6 is 11.6 Å². The maximum atomic E-state index is 6.07. The van der Waals surface area contributed by atoms with Crippen LogP contribution in [0.3, 0.4) is 0 Å². The van der Waals surface area contributed by atoms with Crippen LogP contribution in [-0.2, 0) is 6.42 Å². The van der Waals surface area contributed by atoms with Crippen molar-refractivity contribution in [3.63, 3.8) is 0 Å². The Morgan fingerprint density at radius 1 is 1.10 bits per heavy atom. The molecule has 2 aromatic rings. The van der Waals surface area contributed by atoms with Crippen LogP contribution in [0.5, 0.6) is 11.5 Å². The van der Waals surface area contributed by atoms with Crippen LogP contribution in [0.25, 0.3) is 11.3 Å². The highest BCUT2D eigenvalue weighted by atomic mass is 35.5. The molecule has 5 heteroatoms. The fraction of sp³-hybridized carbons (Fsp3) is 0.333. The monoisotopic (exact) mass is 292 g/mol. The summed E-state index contributed by atoms with van der Waals surface area (Å²) in [4.78, 5) is 8.77. The predicted octanol–water partition coefficient (Wildman–Crippen LogP) is 3.77. The molecule has 4 nitrogen and oxygen atoms in total. The summed E-state index contributed by atoms with van der Waals surface area (Å²) < 4.78 is 10.6. The van der Waals surface area contributed by atoms with E-state index in [2.05, 4.69) is 16.9 Å². The lowest BCUT2D eigenvalue weighted by Gasteiger charge is -2.11. The Morgan fingerprint density at radius 2 is 1.90 bits per heavy atom. The first-order valence-corrected chi connectivity index (χ1v) is 6.81. The number of methoxy groups -OCH3 is 2. The summed E-state index contributed by atoms with van der Waals surface area (Å²) in [5, 5.41) is 0.441. The van der Waals surface area contributed by atoms with Crippen LogP contribution in [0.2, 0.25) is 5.15 Å². The third-order valence-corrected chi connectivity index (χ3v) is 3.09. The summed E-state index contributed by atoms with van der Waals surface area (Å²) in [5.74, 6) is 2.17. The number of hydrogen-bond donors (Lipinski definition) is 0. The quantitative estimate of drug-likeness (QED) is 0.787. The Hall–Kier alpha value is -1.81. The van der Waals surface area contributed by atoms with Crippen LogP contribution in [0.15, 0.2) is 24.3 Å². The molecule has 0 spiro atoms. The molecule has 0 radical (unpaired) electrons. The van der Waals surface area contributed by atoms with Gasteiger partial charge < -0.3 is 9.47 Å². The van der Waals surface area contributed by atoms with Gasteiger partial charge in [-0.2, -0.15) is 0 Å². The Morgan fingerprint density at radius 3 is 2.55 bits per heavy atom. The zero-order chi connectivity index (χ0) is 14.5. The molecule has 0 bridgehead atoms. The first kappa shape index (κ1) is 14.6. The van der Waals surface area contributed by atoms with Gasteiger partial charge in [0.2, 0.25) is 0 Å². The average molecular weight is 293 g/mol. The number of hydrogen-bond acceptors (Lipinski definition) is 4. The van der Waals surface area contributed by atoms with Gasteiger partial charge in [0.15, 0.2) is 0 Å². The zero-order valence-electron chi connectivity index (χ0n) is 11.8. The molecule has 0 aliphatic carbocycles. The van der Waals surface area contributed by atoms with Crippen molar-refractivity contribution in [1.82, 2.24) is 9.97 Å². The molecule has 0 atom stereocenters. The van der Waals surface area contributed by atoms with Gasteiger partial charge in [-0.1, -0.05) is 18.5 Å². The Labute approximate surface area is 123 Å². The van der Waals surface area contributed by atoms with E-state index in [9.17, 15) is 0 Å². The lowest BCUT2D eigenvalue weighted by atomic mass is 10.1.